The van der Waals surface area contributed by atoms with Crippen LogP contribution in [-0.2, 0) is 9.59 Å². The van der Waals surface area contributed by atoms with Crippen molar-refractivity contribution in [3.05, 3.63) is 35.9 Å². The molecule has 96 valence electrons. The monoisotopic (exact) mass is 245 g/mol. The lowest BCUT2D eigenvalue weighted by Crippen LogP contribution is -2.33. The molecule has 3 nitrogen and oxygen atoms in total. The van der Waals surface area contributed by atoms with Crippen LogP contribution in [0, 0.1) is 5.92 Å². The molecule has 1 aromatic carbocycles. The molecule has 1 N–H and O–H groups in total. The molecular formula is C15H19NO2. The highest BCUT2D eigenvalue weighted by atomic mass is 16.2. The quantitative estimate of drug-likeness (QED) is 0.810. The number of benzene rings is 1. The van der Waals surface area contributed by atoms with Crippen molar-refractivity contribution in [1.82, 2.24) is 5.32 Å². The van der Waals surface area contributed by atoms with Crippen molar-refractivity contribution in [2.45, 2.75) is 38.1 Å². The molecule has 0 spiro atoms. The minimum absolute atomic E-state index is 0.100. The van der Waals surface area contributed by atoms with E-state index in [-0.39, 0.29) is 17.9 Å². The molecule has 3 heteroatoms. The standard InChI is InChI=1S/C15H19NO2/c17-11-10-14(12-6-2-1-3-7-12)16-15(18)13-8-4-5-9-13/h1-3,6-7,11,13-14H,4-5,8-10H2,(H,16,18)/t14-/m0/s1. The van der Waals surface area contributed by atoms with Crippen molar-refractivity contribution in [3.8, 4) is 0 Å². The van der Waals surface area contributed by atoms with Gasteiger partial charge in [-0.25, -0.2) is 0 Å². The Hall–Kier alpha value is -1.64. The fourth-order valence-electron chi connectivity index (χ4n) is 2.54. The predicted octanol–water partition coefficient (Wildman–Crippen LogP) is 2.62. The second kappa shape index (κ2) is 6.34. The third-order valence-corrected chi connectivity index (χ3v) is 3.58. The molecule has 1 fully saturated rings. The zero-order valence-electron chi connectivity index (χ0n) is 10.5. The summed E-state index contributed by atoms with van der Waals surface area (Å²) in [6, 6.07) is 9.49. The van der Waals surface area contributed by atoms with E-state index >= 15 is 0 Å². The summed E-state index contributed by atoms with van der Waals surface area (Å²) in [4.78, 5) is 22.8. The van der Waals surface area contributed by atoms with Crippen molar-refractivity contribution >= 4 is 12.2 Å². The lowest BCUT2D eigenvalue weighted by molar-refractivity contribution is -0.125. The van der Waals surface area contributed by atoms with Crippen LogP contribution in [-0.4, -0.2) is 12.2 Å². The maximum absolute atomic E-state index is 12.1. The SMILES string of the molecule is O=CC[C@H](NC(=O)C1CCCC1)c1ccccc1. The average Bonchev–Trinajstić information content (AvgIpc) is 2.93. The lowest BCUT2D eigenvalue weighted by atomic mass is 10.0. The molecule has 0 aromatic heterocycles. The molecule has 0 heterocycles. The molecule has 1 aromatic rings. The van der Waals surface area contributed by atoms with Gasteiger partial charge in [0.05, 0.1) is 6.04 Å². The first kappa shape index (κ1) is 12.8. The number of carbonyl (C=O) groups is 2. The van der Waals surface area contributed by atoms with Crippen LogP contribution in [0.2, 0.25) is 0 Å². The van der Waals surface area contributed by atoms with Crippen LogP contribution in [0.1, 0.15) is 43.7 Å². The Kier molecular flexibility index (Phi) is 4.51. The van der Waals surface area contributed by atoms with Gasteiger partial charge in [0.25, 0.3) is 0 Å². The van der Waals surface area contributed by atoms with E-state index in [1.807, 2.05) is 30.3 Å². The summed E-state index contributed by atoms with van der Waals surface area (Å²) in [5.41, 5.74) is 0.996. The summed E-state index contributed by atoms with van der Waals surface area (Å²) in [6.45, 7) is 0. The van der Waals surface area contributed by atoms with Crippen LogP contribution in [0.15, 0.2) is 30.3 Å². The molecule has 0 bridgehead atoms. The van der Waals surface area contributed by atoms with Gasteiger partial charge >= 0.3 is 0 Å². The summed E-state index contributed by atoms with van der Waals surface area (Å²) < 4.78 is 0. The van der Waals surface area contributed by atoms with Gasteiger partial charge in [0.1, 0.15) is 6.29 Å². The van der Waals surface area contributed by atoms with E-state index in [2.05, 4.69) is 5.32 Å². The largest absolute Gasteiger partial charge is 0.349 e. The summed E-state index contributed by atoms with van der Waals surface area (Å²) in [6.07, 6.45) is 5.45. The van der Waals surface area contributed by atoms with Crippen molar-refractivity contribution in [2.24, 2.45) is 5.92 Å². The first-order valence-corrected chi connectivity index (χ1v) is 6.60. The summed E-state index contributed by atoms with van der Waals surface area (Å²) in [5, 5.41) is 3.01. The van der Waals surface area contributed by atoms with Gasteiger partial charge in [-0.15, -0.1) is 0 Å². The van der Waals surface area contributed by atoms with Gasteiger partial charge in [0.15, 0.2) is 0 Å². The van der Waals surface area contributed by atoms with Crippen molar-refractivity contribution < 1.29 is 9.59 Å². The van der Waals surface area contributed by atoms with E-state index in [0.717, 1.165) is 37.5 Å². The molecule has 0 aliphatic heterocycles. The first-order valence-electron chi connectivity index (χ1n) is 6.60. The van der Waals surface area contributed by atoms with E-state index in [9.17, 15) is 9.59 Å². The molecule has 2 rings (SSSR count). The van der Waals surface area contributed by atoms with Crippen LogP contribution < -0.4 is 5.32 Å². The Balaban J connectivity index is 2.02. The maximum Gasteiger partial charge on any atom is 0.223 e. The minimum atomic E-state index is -0.184. The summed E-state index contributed by atoms with van der Waals surface area (Å²) in [5.74, 6) is 0.242. The number of hydrogen-bond acceptors (Lipinski definition) is 2. The minimum Gasteiger partial charge on any atom is -0.349 e. The Morgan fingerprint density at radius 1 is 1.28 bits per heavy atom. The third-order valence-electron chi connectivity index (χ3n) is 3.58. The van der Waals surface area contributed by atoms with Gasteiger partial charge in [-0.05, 0) is 18.4 Å². The topological polar surface area (TPSA) is 46.2 Å². The van der Waals surface area contributed by atoms with Gasteiger partial charge in [0, 0.05) is 12.3 Å². The fourth-order valence-corrected chi connectivity index (χ4v) is 2.54. The number of carbonyl (C=O) groups excluding carboxylic acids is 2. The Labute approximate surface area is 108 Å². The molecule has 1 atom stereocenters. The van der Waals surface area contributed by atoms with E-state index in [1.165, 1.54) is 0 Å². The second-order valence-corrected chi connectivity index (χ2v) is 4.86. The van der Waals surface area contributed by atoms with E-state index in [4.69, 9.17) is 0 Å². The highest BCUT2D eigenvalue weighted by Gasteiger charge is 2.24. The van der Waals surface area contributed by atoms with Gasteiger partial charge < -0.3 is 10.1 Å². The number of amides is 1. The van der Waals surface area contributed by atoms with Crippen LogP contribution in [0.3, 0.4) is 0 Å². The molecule has 0 unspecified atom stereocenters. The molecule has 18 heavy (non-hydrogen) atoms. The molecule has 1 amide bonds. The zero-order valence-corrected chi connectivity index (χ0v) is 10.5. The van der Waals surface area contributed by atoms with E-state index in [1.54, 1.807) is 0 Å². The van der Waals surface area contributed by atoms with Crippen molar-refractivity contribution in [1.29, 1.82) is 0 Å². The molecule has 1 aliphatic carbocycles. The molecule has 0 radical (unpaired) electrons. The number of rotatable bonds is 5. The number of aldehydes is 1. The third kappa shape index (κ3) is 3.19. The van der Waals surface area contributed by atoms with Gasteiger partial charge in [0.2, 0.25) is 5.91 Å². The number of hydrogen-bond donors (Lipinski definition) is 1. The van der Waals surface area contributed by atoms with Gasteiger partial charge in [-0.2, -0.15) is 0 Å². The Morgan fingerprint density at radius 3 is 2.56 bits per heavy atom. The Morgan fingerprint density at radius 2 is 1.94 bits per heavy atom. The molecular weight excluding hydrogens is 226 g/mol. The predicted molar refractivity (Wildman–Crippen MR) is 70.0 cm³/mol. The maximum atomic E-state index is 12.1. The highest BCUT2D eigenvalue weighted by molar-refractivity contribution is 5.79. The second-order valence-electron chi connectivity index (χ2n) is 4.86. The van der Waals surface area contributed by atoms with Crippen LogP contribution in [0.5, 0.6) is 0 Å². The number of nitrogens with one attached hydrogen (secondary N) is 1. The van der Waals surface area contributed by atoms with Crippen LogP contribution in [0.25, 0.3) is 0 Å². The van der Waals surface area contributed by atoms with Crippen molar-refractivity contribution in [2.75, 3.05) is 0 Å². The van der Waals surface area contributed by atoms with E-state index in [0.29, 0.717) is 6.42 Å². The summed E-state index contributed by atoms with van der Waals surface area (Å²) in [7, 11) is 0. The average molecular weight is 245 g/mol. The van der Waals surface area contributed by atoms with Crippen LogP contribution in [0.4, 0.5) is 0 Å². The zero-order chi connectivity index (χ0) is 12.8. The highest BCUT2D eigenvalue weighted by Crippen LogP contribution is 2.26. The van der Waals surface area contributed by atoms with Crippen molar-refractivity contribution in [3.63, 3.8) is 0 Å². The fraction of sp³-hybridized carbons (Fsp3) is 0.467. The molecule has 0 saturated heterocycles. The lowest BCUT2D eigenvalue weighted by Gasteiger charge is -2.19. The van der Waals surface area contributed by atoms with Crippen LogP contribution >= 0.6 is 0 Å². The normalized spacial score (nSPS) is 17.3. The Bertz CT molecular complexity index is 396. The summed E-state index contributed by atoms with van der Waals surface area (Å²) >= 11 is 0. The van der Waals surface area contributed by atoms with Gasteiger partial charge in [-0.3, -0.25) is 4.79 Å². The molecule has 1 aliphatic rings. The first-order chi connectivity index (χ1) is 8.81. The molecule has 1 saturated carbocycles. The van der Waals surface area contributed by atoms with E-state index < -0.39 is 0 Å². The van der Waals surface area contributed by atoms with Gasteiger partial charge in [-0.1, -0.05) is 43.2 Å². The smallest absolute Gasteiger partial charge is 0.223 e.